The van der Waals surface area contributed by atoms with Gasteiger partial charge in [0, 0.05) is 13.2 Å². The van der Waals surface area contributed by atoms with Gasteiger partial charge in [-0.15, -0.1) is 0 Å². The molecule has 90 valence electrons. The van der Waals surface area contributed by atoms with E-state index in [1.165, 1.54) is 0 Å². The van der Waals surface area contributed by atoms with Crippen LogP contribution in [0.4, 0.5) is 5.13 Å². The van der Waals surface area contributed by atoms with E-state index < -0.39 is 0 Å². The minimum absolute atomic E-state index is 0.194. The van der Waals surface area contributed by atoms with Crippen molar-refractivity contribution in [2.24, 2.45) is 0 Å². The Bertz CT molecular complexity index is 494. The van der Waals surface area contributed by atoms with Crippen LogP contribution >= 0.6 is 11.3 Å². The van der Waals surface area contributed by atoms with Gasteiger partial charge in [-0.2, -0.15) is 0 Å². The number of nitrogens with zero attached hydrogens (tertiary/aromatic N) is 1. The number of rotatable bonds is 4. The fraction of sp³-hybridized carbons (Fsp3) is 0.308. The van der Waals surface area contributed by atoms with Gasteiger partial charge in [-0.1, -0.05) is 23.5 Å². The van der Waals surface area contributed by atoms with Gasteiger partial charge in [0.25, 0.3) is 0 Å². The predicted molar refractivity (Wildman–Crippen MR) is 72.9 cm³/mol. The van der Waals surface area contributed by atoms with Crippen molar-refractivity contribution in [2.45, 2.75) is 20.0 Å². The van der Waals surface area contributed by atoms with Gasteiger partial charge in [-0.3, -0.25) is 0 Å². The second-order valence-corrected chi connectivity index (χ2v) is 5.00. The lowest BCUT2D eigenvalue weighted by Crippen LogP contribution is -2.05. The summed E-state index contributed by atoms with van der Waals surface area (Å²) in [7, 11) is 1.88. The van der Waals surface area contributed by atoms with Crippen molar-refractivity contribution in [1.82, 2.24) is 4.98 Å². The van der Waals surface area contributed by atoms with Crippen LogP contribution < -0.4 is 10.1 Å². The normalized spacial score (nSPS) is 10.6. The molecule has 0 radical (unpaired) electrons. The second-order valence-electron chi connectivity index (χ2n) is 3.97. The Morgan fingerprint density at radius 2 is 2.18 bits per heavy atom. The highest BCUT2D eigenvalue weighted by atomic mass is 32.1. The van der Waals surface area contributed by atoms with Crippen LogP contribution in [0.15, 0.2) is 30.5 Å². The fourth-order valence-corrected chi connectivity index (χ4v) is 2.28. The number of aromatic nitrogens is 1. The van der Waals surface area contributed by atoms with Crippen molar-refractivity contribution in [3.8, 4) is 16.2 Å². The molecule has 0 amide bonds. The van der Waals surface area contributed by atoms with Gasteiger partial charge in [-0.05, 0) is 31.5 Å². The monoisotopic (exact) mass is 248 g/mol. The SMILES string of the molecule is CNc1ncc(-c2cccc(OC(C)C)c2)s1. The van der Waals surface area contributed by atoms with Crippen LogP contribution in [0.2, 0.25) is 0 Å². The first-order chi connectivity index (χ1) is 8.19. The lowest BCUT2D eigenvalue weighted by molar-refractivity contribution is 0.242. The topological polar surface area (TPSA) is 34.2 Å². The van der Waals surface area contributed by atoms with Crippen LogP contribution in [0.3, 0.4) is 0 Å². The molecule has 0 fully saturated rings. The van der Waals surface area contributed by atoms with Crippen molar-refractivity contribution >= 4 is 16.5 Å². The maximum Gasteiger partial charge on any atom is 0.182 e. The van der Waals surface area contributed by atoms with Crippen molar-refractivity contribution in [1.29, 1.82) is 0 Å². The standard InChI is InChI=1S/C13H16N2OS/c1-9(2)16-11-6-4-5-10(7-11)12-8-15-13(14-3)17-12/h4-9H,1-3H3,(H,14,15). The Labute approximate surface area is 105 Å². The second kappa shape index (κ2) is 5.19. The maximum atomic E-state index is 5.68. The highest BCUT2D eigenvalue weighted by molar-refractivity contribution is 7.18. The Balaban J connectivity index is 2.26. The number of hydrogen-bond donors (Lipinski definition) is 1. The van der Waals surface area contributed by atoms with E-state index in [2.05, 4.69) is 16.4 Å². The molecule has 0 aliphatic carbocycles. The number of anilines is 1. The Morgan fingerprint density at radius 1 is 1.35 bits per heavy atom. The molecule has 1 heterocycles. The summed E-state index contributed by atoms with van der Waals surface area (Å²) in [6.45, 7) is 4.05. The van der Waals surface area contributed by atoms with Crippen LogP contribution in [-0.4, -0.2) is 18.1 Å². The molecule has 0 aliphatic heterocycles. The molecular formula is C13H16N2OS. The highest BCUT2D eigenvalue weighted by Gasteiger charge is 2.05. The average molecular weight is 248 g/mol. The molecule has 0 bridgehead atoms. The molecule has 2 aromatic rings. The molecular weight excluding hydrogens is 232 g/mol. The first-order valence-corrected chi connectivity index (χ1v) is 6.41. The van der Waals surface area contributed by atoms with Gasteiger partial charge in [0.1, 0.15) is 5.75 Å². The molecule has 0 atom stereocenters. The van der Waals surface area contributed by atoms with Gasteiger partial charge in [-0.25, -0.2) is 4.98 Å². The number of benzene rings is 1. The summed E-state index contributed by atoms with van der Waals surface area (Å²) < 4.78 is 5.68. The van der Waals surface area contributed by atoms with Crippen LogP contribution in [0.1, 0.15) is 13.8 Å². The molecule has 3 nitrogen and oxygen atoms in total. The molecule has 0 saturated carbocycles. The molecule has 1 aromatic carbocycles. The quantitative estimate of drug-likeness (QED) is 0.897. The number of thiazole rings is 1. The molecule has 4 heteroatoms. The minimum atomic E-state index is 0.194. The summed E-state index contributed by atoms with van der Waals surface area (Å²) in [6.07, 6.45) is 2.07. The van der Waals surface area contributed by atoms with E-state index in [1.807, 2.05) is 45.3 Å². The van der Waals surface area contributed by atoms with Gasteiger partial charge in [0.2, 0.25) is 0 Å². The third-order valence-electron chi connectivity index (χ3n) is 2.21. The van der Waals surface area contributed by atoms with Crippen molar-refractivity contribution in [2.75, 3.05) is 12.4 Å². The predicted octanol–water partition coefficient (Wildman–Crippen LogP) is 3.64. The van der Waals surface area contributed by atoms with Gasteiger partial charge >= 0.3 is 0 Å². The average Bonchev–Trinajstić information content (AvgIpc) is 2.77. The highest BCUT2D eigenvalue weighted by Crippen LogP contribution is 2.30. The van der Waals surface area contributed by atoms with Crippen molar-refractivity contribution in [3.05, 3.63) is 30.5 Å². The van der Waals surface area contributed by atoms with E-state index >= 15 is 0 Å². The van der Waals surface area contributed by atoms with Crippen LogP contribution in [0, 0.1) is 0 Å². The van der Waals surface area contributed by atoms with Crippen LogP contribution in [0.5, 0.6) is 5.75 Å². The van der Waals surface area contributed by atoms with Crippen LogP contribution in [-0.2, 0) is 0 Å². The third-order valence-corrected chi connectivity index (χ3v) is 3.27. The molecule has 0 aliphatic rings. The fourth-order valence-electron chi connectivity index (χ4n) is 1.52. The maximum absolute atomic E-state index is 5.68. The van der Waals surface area contributed by atoms with Gasteiger partial charge in [0.05, 0.1) is 11.0 Å². The van der Waals surface area contributed by atoms with Gasteiger partial charge in [0.15, 0.2) is 5.13 Å². The third kappa shape index (κ3) is 2.97. The molecule has 17 heavy (non-hydrogen) atoms. The Hall–Kier alpha value is -1.55. The lowest BCUT2D eigenvalue weighted by atomic mass is 10.2. The number of ether oxygens (including phenoxy) is 1. The van der Waals surface area contributed by atoms with E-state index in [4.69, 9.17) is 4.74 Å². The first-order valence-electron chi connectivity index (χ1n) is 5.59. The summed E-state index contributed by atoms with van der Waals surface area (Å²) >= 11 is 1.64. The first kappa shape index (κ1) is 11.9. The van der Waals surface area contributed by atoms with E-state index in [9.17, 15) is 0 Å². The van der Waals surface area contributed by atoms with Crippen LogP contribution in [0.25, 0.3) is 10.4 Å². The van der Waals surface area contributed by atoms with E-state index in [1.54, 1.807) is 11.3 Å². The summed E-state index contributed by atoms with van der Waals surface area (Å²) in [4.78, 5) is 5.41. The lowest BCUT2D eigenvalue weighted by Gasteiger charge is -2.10. The summed E-state index contributed by atoms with van der Waals surface area (Å²) in [5.74, 6) is 0.900. The number of nitrogens with one attached hydrogen (secondary N) is 1. The van der Waals surface area contributed by atoms with Gasteiger partial charge < -0.3 is 10.1 Å². The molecule has 1 aromatic heterocycles. The van der Waals surface area contributed by atoms with E-state index in [0.717, 1.165) is 21.3 Å². The largest absolute Gasteiger partial charge is 0.491 e. The zero-order valence-corrected chi connectivity index (χ0v) is 11.0. The molecule has 1 N–H and O–H groups in total. The molecule has 0 unspecified atom stereocenters. The zero-order chi connectivity index (χ0) is 12.3. The van der Waals surface area contributed by atoms with E-state index in [0.29, 0.717) is 0 Å². The van der Waals surface area contributed by atoms with Crippen molar-refractivity contribution < 1.29 is 4.74 Å². The summed E-state index contributed by atoms with van der Waals surface area (Å²) in [6, 6.07) is 8.10. The minimum Gasteiger partial charge on any atom is -0.491 e. The van der Waals surface area contributed by atoms with Crippen molar-refractivity contribution in [3.63, 3.8) is 0 Å². The Morgan fingerprint density at radius 3 is 2.82 bits per heavy atom. The van der Waals surface area contributed by atoms with E-state index in [-0.39, 0.29) is 6.10 Å². The zero-order valence-electron chi connectivity index (χ0n) is 10.2. The molecule has 0 spiro atoms. The summed E-state index contributed by atoms with van der Waals surface area (Å²) in [5, 5.41) is 3.97. The molecule has 0 saturated heterocycles. The smallest absolute Gasteiger partial charge is 0.182 e. The summed E-state index contributed by atoms with van der Waals surface area (Å²) in [5.41, 5.74) is 1.14. The Kier molecular flexibility index (Phi) is 3.64. The number of hydrogen-bond acceptors (Lipinski definition) is 4. The molecule has 2 rings (SSSR count).